The quantitative estimate of drug-likeness (QED) is 0.314. The zero-order valence-electron chi connectivity index (χ0n) is 24.0. The zero-order valence-corrected chi connectivity index (χ0v) is 22.0. The molecule has 200 valence electrons. The minimum absolute atomic E-state index is 0.0611. The average Bonchev–Trinajstić information content (AvgIpc) is 3.69. The summed E-state index contributed by atoms with van der Waals surface area (Å²) >= 11 is 0. The van der Waals surface area contributed by atoms with Crippen molar-refractivity contribution in [1.29, 1.82) is 5.26 Å². The van der Waals surface area contributed by atoms with Gasteiger partial charge in [-0.3, -0.25) is 4.90 Å². The van der Waals surface area contributed by atoms with Crippen molar-refractivity contribution in [3.63, 3.8) is 0 Å². The number of fused-ring (bicyclic) bond motifs is 3. The van der Waals surface area contributed by atoms with E-state index in [0.29, 0.717) is 48.0 Å². The van der Waals surface area contributed by atoms with Crippen LogP contribution in [-0.4, -0.2) is 68.9 Å². The number of hydrogen-bond acceptors (Lipinski definition) is 8. The van der Waals surface area contributed by atoms with E-state index >= 15 is 0 Å². The first-order chi connectivity index (χ1) is 20.3. The standard InChI is InChI=1S/C30H28N8O2/c1-32-30(7-8-30)19-40-25-10-26(29-22(11-31)14-35-38(29)18-25)21-4-5-27(33-13-21)36-16-23-9-24(17-36)37(23)15-20-3-6-28(39-2)34-12-20/h3-6,10,12-14,18,23-24H,7-9,15-17,19H2,2H3/i15D2. The Hall–Kier alpha value is -4.67. The lowest BCUT2D eigenvalue weighted by Gasteiger charge is -2.56. The van der Waals surface area contributed by atoms with Crippen molar-refractivity contribution in [3.05, 3.63) is 77.7 Å². The average molecular weight is 535 g/mol. The van der Waals surface area contributed by atoms with Crippen LogP contribution in [0.2, 0.25) is 0 Å². The van der Waals surface area contributed by atoms with Crippen molar-refractivity contribution in [3.8, 4) is 28.8 Å². The molecule has 4 aliphatic rings. The fraction of sp³-hybridized carbons (Fsp3) is 0.367. The first kappa shape index (κ1) is 22.2. The van der Waals surface area contributed by atoms with Crippen LogP contribution < -0.4 is 14.4 Å². The number of piperazine rings is 1. The molecular formula is C30H28N8O2. The maximum atomic E-state index is 9.70. The molecule has 1 aliphatic carbocycles. The van der Waals surface area contributed by atoms with Crippen molar-refractivity contribution in [2.45, 2.75) is 43.4 Å². The molecule has 1 saturated carbocycles. The fourth-order valence-electron chi connectivity index (χ4n) is 5.56. The maximum Gasteiger partial charge on any atom is 0.266 e. The van der Waals surface area contributed by atoms with E-state index in [2.05, 4.69) is 25.9 Å². The highest BCUT2D eigenvalue weighted by molar-refractivity contribution is 5.85. The Kier molecular flexibility index (Phi) is 5.27. The summed E-state index contributed by atoms with van der Waals surface area (Å²) in [5.74, 6) is 1.87. The van der Waals surface area contributed by atoms with E-state index in [1.165, 1.54) is 0 Å². The lowest BCUT2D eigenvalue weighted by molar-refractivity contribution is -0.00876. The molecule has 2 unspecified atom stereocenters. The minimum atomic E-state index is -1.63. The van der Waals surface area contributed by atoms with Crippen LogP contribution >= 0.6 is 0 Å². The Labute approximate surface area is 235 Å². The third kappa shape index (κ3) is 4.27. The monoisotopic (exact) mass is 534 g/mol. The summed E-state index contributed by atoms with van der Waals surface area (Å²) in [5.41, 5.74) is 2.83. The van der Waals surface area contributed by atoms with Gasteiger partial charge in [0.1, 0.15) is 17.6 Å². The van der Waals surface area contributed by atoms with Crippen molar-refractivity contribution in [2.75, 3.05) is 31.7 Å². The number of nitriles is 1. The molecule has 0 amide bonds. The molecule has 4 aromatic heterocycles. The number of pyridine rings is 3. The van der Waals surface area contributed by atoms with Gasteiger partial charge in [0.2, 0.25) is 5.88 Å². The van der Waals surface area contributed by atoms with Gasteiger partial charge in [-0.1, -0.05) is 6.07 Å². The van der Waals surface area contributed by atoms with Crippen LogP contribution in [0.25, 0.3) is 21.5 Å². The number of methoxy groups -OCH3 is 1. The molecule has 40 heavy (non-hydrogen) atoms. The Morgan fingerprint density at radius 3 is 2.67 bits per heavy atom. The summed E-state index contributed by atoms with van der Waals surface area (Å²) in [7, 11) is 1.54. The summed E-state index contributed by atoms with van der Waals surface area (Å²) in [5, 5.41) is 14.1. The van der Waals surface area contributed by atoms with Crippen molar-refractivity contribution in [2.24, 2.45) is 0 Å². The van der Waals surface area contributed by atoms with Crippen molar-refractivity contribution >= 4 is 11.3 Å². The molecule has 3 aliphatic heterocycles. The maximum absolute atomic E-state index is 9.70. The highest BCUT2D eigenvalue weighted by Gasteiger charge is 2.52. The summed E-state index contributed by atoms with van der Waals surface area (Å²) in [4.78, 5) is 16.9. The van der Waals surface area contributed by atoms with Gasteiger partial charge in [0.05, 0.1) is 30.6 Å². The third-order valence-corrected chi connectivity index (χ3v) is 8.06. The first-order valence-electron chi connectivity index (χ1n) is 14.3. The molecule has 4 fully saturated rings. The molecule has 0 N–H and O–H groups in total. The van der Waals surface area contributed by atoms with Crippen LogP contribution in [0.1, 0.15) is 33.1 Å². The van der Waals surface area contributed by atoms with Gasteiger partial charge >= 0.3 is 0 Å². The third-order valence-electron chi connectivity index (χ3n) is 8.06. The predicted molar refractivity (Wildman–Crippen MR) is 148 cm³/mol. The molecule has 8 rings (SSSR count). The number of piperidine rings is 1. The van der Waals surface area contributed by atoms with Crippen LogP contribution in [0.5, 0.6) is 11.6 Å². The predicted octanol–water partition coefficient (Wildman–Crippen LogP) is 3.97. The zero-order chi connectivity index (χ0) is 29.1. The van der Waals surface area contributed by atoms with Crippen LogP contribution in [-0.2, 0) is 6.50 Å². The van der Waals surface area contributed by atoms with E-state index in [0.717, 1.165) is 36.2 Å². The molecule has 0 radical (unpaired) electrons. The van der Waals surface area contributed by atoms with Gasteiger partial charge in [-0.2, -0.15) is 10.4 Å². The Balaban J connectivity index is 1.11. The van der Waals surface area contributed by atoms with E-state index in [4.69, 9.17) is 23.8 Å². The Morgan fingerprint density at radius 2 is 2.02 bits per heavy atom. The second kappa shape index (κ2) is 9.51. The molecule has 2 bridgehead atoms. The van der Waals surface area contributed by atoms with Crippen LogP contribution in [0, 0.1) is 17.9 Å². The van der Waals surface area contributed by atoms with Crippen molar-refractivity contribution in [1.82, 2.24) is 24.5 Å². The molecular weight excluding hydrogens is 504 g/mol. The molecule has 3 saturated heterocycles. The SMILES string of the molecule is [2H]C([2H])(c1ccc(OC)nc1)N1C2CC1CN(c1ccc(-c3cc(OCC4([N+]#[C-])CC4)cn4ncc(C#N)c34)cn1)C2. The van der Waals surface area contributed by atoms with Gasteiger partial charge in [0, 0.05) is 76.8 Å². The van der Waals surface area contributed by atoms with Gasteiger partial charge in [-0.25, -0.2) is 21.1 Å². The number of rotatable bonds is 8. The Bertz CT molecular complexity index is 1730. The number of anilines is 1. The lowest BCUT2D eigenvalue weighted by atomic mass is 9.87. The summed E-state index contributed by atoms with van der Waals surface area (Å²) in [6, 6.07) is 11.6. The number of nitrogens with zero attached hydrogens (tertiary/aromatic N) is 8. The second-order valence-electron chi connectivity index (χ2n) is 10.6. The van der Waals surface area contributed by atoms with Gasteiger partial charge < -0.3 is 19.2 Å². The highest BCUT2D eigenvalue weighted by Crippen LogP contribution is 2.41. The van der Waals surface area contributed by atoms with Crippen LogP contribution in [0.3, 0.4) is 0 Å². The molecule has 10 nitrogen and oxygen atoms in total. The second-order valence-corrected chi connectivity index (χ2v) is 10.6. The summed E-state index contributed by atoms with van der Waals surface area (Å²) in [6.07, 6.45) is 9.26. The first-order valence-corrected chi connectivity index (χ1v) is 13.3. The molecule has 4 aromatic rings. The molecule has 7 heterocycles. The number of aromatic nitrogens is 4. The largest absolute Gasteiger partial charge is 0.484 e. The normalized spacial score (nSPS) is 21.9. The number of hydrogen-bond donors (Lipinski definition) is 0. The van der Waals surface area contributed by atoms with E-state index in [9.17, 15) is 5.26 Å². The van der Waals surface area contributed by atoms with Crippen molar-refractivity contribution < 1.29 is 12.2 Å². The molecule has 0 spiro atoms. The summed E-state index contributed by atoms with van der Waals surface area (Å²) < 4.78 is 30.5. The van der Waals surface area contributed by atoms with E-state index in [1.54, 1.807) is 48.5 Å². The summed E-state index contributed by atoms with van der Waals surface area (Å²) in [6.45, 7) is 7.47. The molecule has 0 aromatic carbocycles. The van der Waals surface area contributed by atoms with Gasteiger partial charge in [-0.05, 0) is 30.2 Å². The van der Waals surface area contributed by atoms with Gasteiger partial charge in [-0.15, -0.1) is 0 Å². The molecule has 10 heteroatoms. The minimum Gasteiger partial charge on any atom is -0.484 e. The fourth-order valence-corrected chi connectivity index (χ4v) is 5.56. The number of ether oxygens (including phenoxy) is 2. The van der Waals surface area contributed by atoms with E-state index < -0.39 is 12.0 Å². The highest BCUT2D eigenvalue weighted by atomic mass is 16.5. The Morgan fingerprint density at radius 1 is 1.18 bits per heavy atom. The van der Waals surface area contributed by atoms with E-state index in [1.807, 2.05) is 23.1 Å². The van der Waals surface area contributed by atoms with Gasteiger partial charge in [0.25, 0.3) is 5.54 Å². The van der Waals surface area contributed by atoms with Crippen LogP contribution in [0.4, 0.5) is 5.82 Å². The molecule has 2 atom stereocenters. The topological polar surface area (TPSA) is 96.2 Å². The van der Waals surface area contributed by atoms with E-state index in [-0.39, 0.29) is 12.1 Å². The van der Waals surface area contributed by atoms with Gasteiger partial charge in [0.15, 0.2) is 6.61 Å². The lowest BCUT2D eigenvalue weighted by Crippen LogP contribution is -2.68. The smallest absolute Gasteiger partial charge is 0.266 e. The van der Waals surface area contributed by atoms with Crippen LogP contribution in [0.15, 0.2) is 55.1 Å².